The molecule has 0 aliphatic heterocycles. The highest BCUT2D eigenvalue weighted by molar-refractivity contribution is 5.42. The fourth-order valence-corrected chi connectivity index (χ4v) is 1.75. The lowest BCUT2D eigenvalue weighted by Gasteiger charge is -2.08. The third-order valence-electron chi connectivity index (χ3n) is 3.01. The summed E-state index contributed by atoms with van der Waals surface area (Å²) in [5.74, 6) is 0.369. The van der Waals surface area contributed by atoms with Gasteiger partial charge in [0.15, 0.2) is 0 Å². The van der Waals surface area contributed by atoms with E-state index in [2.05, 4.69) is 10.3 Å². The number of aryl methyl sites for hydroxylation is 1. The maximum Gasteiger partial charge on any atom is 0.213 e. The molecule has 2 rings (SSSR count). The summed E-state index contributed by atoms with van der Waals surface area (Å²) in [6.45, 7) is 3.29. The van der Waals surface area contributed by atoms with Crippen LogP contribution in [0.5, 0.6) is 5.88 Å². The first-order chi connectivity index (χ1) is 10.2. The van der Waals surface area contributed by atoms with Gasteiger partial charge in [0.2, 0.25) is 5.88 Å². The van der Waals surface area contributed by atoms with Gasteiger partial charge in [0.25, 0.3) is 0 Å². The van der Waals surface area contributed by atoms with Crippen LogP contribution in [-0.4, -0.2) is 25.3 Å². The van der Waals surface area contributed by atoms with Gasteiger partial charge in [-0.25, -0.2) is 9.37 Å². The molecule has 0 unspecified atom stereocenters. The third-order valence-corrected chi connectivity index (χ3v) is 3.01. The molecule has 4 nitrogen and oxygen atoms in total. The van der Waals surface area contributed by atoms with E-state index in [1.165, 1.54) is 6.07 Å². The van der Waals surface area contributed by atoms with Crippen molar-refractivity contribution in [1.82, 2.24) is 4.98 Å². The minimum Gasteiger partial charge on any atom is -0.475 e. The van der Waals surface area contributed by atoms with E-state index in [0.717, 1.165) is 11.3 Å². The molecule has 0 atom stereocenters. The van der Waals surface area contributed by atoms with Gasteiger partial charge in [0.05, 0.1) is 18.5 Å². The molecule has 0 fully saturated rings. The van der Waals surface area contributed by atoms with Crippen molar-refractivity contribution >= 4 is 5.69 Å². The molecule has 0 spiro atoms. The number of halogens is 1. The fraction of sp³-hybridized carbons (Fsp3) is 0.312. The quantitative estimate of drug-likeness (QED) is 0.795. The maximum absolute atomic E-state index is 13.4. The van der Waals surface area contributed by atoms with Crippen molar-refractivity contribution in [3.8, 4) is 5.88 Å². The molecule has 0 aliphatic carbocycles. The normalized spacial score (nSPS) is 10.4. The number of rotatable bonds is 7. The summed E-state index contributed by atoms with van der Waals surface area (Å²) in [5.41, 5.74) is 2.39. The number of hydrogen-bond acceptors (Lipinski definition) is 4. The van der Waals surface area contributed by atoms with Gasteiger partial charge in [-0.1, -0.05) is 12.1 Å². The summed E-state index contributed by atoms with van der Waals surface area (Å²) in [7, 11) is 1.62. The molecular weight excluding hydrogens is 271 g/mol. The number of nitrogens with one attached hydrogen (secondary N) is 1. The van der Waals surface area contributed by atoms with Gasteiger partial charge in [-0.15, -0.1) is 0 Å². The van der Waals surface area contributed by atoms with Crippen LogP contribution in [-0.2, 0) is 11.3 Å². The van der Waals surface area contributed by atoms with Crippen molar-refractivity contribution in [3.63, 3.8) is 0 Å². The number of aromatic nitrogens is 1. The van der Waals surface area contributed by atoms with E-state index < -0.39 is 0 Å². The smallest absolute Gasteiger partial charge is 0.213 e. The monoisotopic (exact) mass is 290 g/mol. The first kappa shape index (κ1) is 15.3. The highest BCUT2D eigenvalue weighted by atomic mass is 19.1. The van der Waals surface area contributed by atoms with Crippen LogP contribution < -0.4 is 10.1 Å². The summed E-state index contributed by atoms with van der Waals surface area (Å²) in [4.78, 5) is 4.18. The molecule has 0 bridgehead atoms. The number of benzene rings is 1. The molecule has 0 saturated carbocycles. The molecule has 1 aromatic heterocycles. The van der Waals surface area contributed by atoms with Crippen molar-refractivity contribution in [1.29, 1.82) is 0 Å². The van der Waals surface area contributed by atoms with Crippen LogP contribution in [0, 0.1) is 12.7 Å². The van der Waals surface area contributed by atoms with Crippen LogP contribution in [0.2, 0.25) is 0 Å². The van der Waals surface area contributed by atoms with Crippen LogP contribution in [0.25, 0.3) is 0 Å². The summed E-state index contributed by atoms with van der Waals surface area (Å²) >= 11 is 0. The van der Waals surface area contributed by atoms with Gasteiger partial charge in [-0.3, -0.25) is 0 Å². The third kappa shape index (κ3) is 4.72. The molecule has 1 heterocycles. The lowest BCUT2D eigenvalue weighted by molar-refractivity contribution is 0.144. The molecule has 112 valence electrons. The Morgan fingerprint density at radius 3 is 2.71 bits per heavy atom. The van der Waals surface area contributed by atoms with Crippen LogP contribution in [0.1, 0.15) is 11.1 Å². The van der Waals surface area contributed by atoms with E-state index >= 15 is 0 Å². The zero-order valence-electron chi connectivity index (χ0n) is 12.2. The highest BCUT2D eigenvalue weighted by Gasteiger charge is 2.01. The second kappa shape index (κ2) is 7.59. The molecule has 0 aliphatic rings. The van der Waals surface area contributed by atoms with Crippen molar-refractivity contribution in [3.05, 3.63) is 53.5 Å². The van der Waals surface area contributed by atoms with E-state index in [9.17, 15) is 4.39 Å². The zero-order chi connectivity index (χ0) is 15.1. The van der Waals surface area contributed by atoms with Crippen molar-refractivity contribution in [2.24, 2.45) is 0 Å². The van der Waals surface area contributed by atoms with Crippen LogP contribution in [0.15, 0.2) is 36.5 Å². The molecular formula is C16H19FN2O2. The lowest BCUT2D eigenvalue weighted by atomic mass is 10.1. The first-order valence-corrected chi connectivity index (χ1v) is 6.76. The van der Waals surface area contributed by atoms with E-state index in [-0.39, 0.29) is 5.82 Å². The minimum absolute atomic E-state index is 0.186. The molecule has 1 N–H and O–H groups in total. The second-order valence-electron chi connectivity index (χ2n) is 4.66. The van der Waals surface area contributed by atoms with Crippen molar-refractivity contribution in [2.75, 3.05) is 25.6 Å². The number of pyridine rings is 1. The van der Waals surface area contributed by atoms with Crippen molar-refractivity contribution in [2.45, 2.75) is 13.5 Å². The Morgan fingerprint density at radius 2 is 2.05 bits per heavy atom. The van der Waals surface area contributed by atoms with Crippen LogP contribution >= 0.6 is 0 Å². The standard InChI is InChI=1S/C16H19FN2O2/c1-12-3-4-13(9-15(12)17)10-18-14-5-6-16(19-11-14)21-8-7-20-2/h3-6,9,11,18H,7-8,10H2,1-2H3. The average molecular weight is 290 g/mol. The van der Waals surface area contributed by atoms with Gasteiger partial charge in [0.1, 0.15) is 12.4 Å². The summed E-state index contributed by atoms with van der Waals surface area (Å²) < 4.78 is 23.7. The summed E-state index contributed by atoms with van der Waals surface area (Å²) in [5, 5.41) is 3.19. The van der Waals surface area contributed by atoms with Crippen LogP contribution in [0.3, 0.4) is 0 Å². The fourth-order valence-electron chi connectivity index (χ4n) is 1.75. The van der Waals surface area contributed by atoms with Gasteiger partial charge in [-0.05, 0) is 30.2 Å². The van der Waals surface area contributed by atoms with E-state index in [0.29, 0.717) is 31.2 Å². The Balaban J connectivity index is 1.86. The molecule has 0 radical (unpaired) electrons. The SMILES string of the molecule is COCCOc1ccc(NCc2ccc(C)c(F)c2)cn1. The summed E-state index contributed by atoms with van der Waals surface area (Å²) in [6, 6.07) is 8.88. The number of ether oxygens (including phenoxy) is 2. The van der Waals surface area contributed by atoms with E-state index in [1.807, 2.05) is 12.1 Å². The molecule has 0 amide bonds. The van der Waals surface area contributed by atoms with Gasteiger partial charge >= 0.3 is 0 Å². The highest BCUT2D eigenvalue weighted by Crippen LogP contribution is 2.14. The lowest BCUT2D eigenvalue weighted by Crippen LogP contribution is -2.05. The number of nitrogens with zero attached hydrogens (tertiary/aromatic N) is 1. The van der Waals surface area contributed by atoms with Gasteiger partial charge in [-0.2, -0.15) is 0 Å². The number of hydrogen-bond donors (Lipinski definition) is 1. The zero-order valence-corrected chi connectivity index (χ0v) is 12.2. The first-order valence-electron chi connectivity index (χ1n) is 6.76. The number of methoxy groups -OCH3 is 1. The second-order valence-corrected chi connectivity index (χ2v) is 4.66. The Kier molecular flexibility index (Phi) is 5.51. The van der Waals surface area contributed by atoms with E-state index in [4.69, 9.17) is 9.47 Å². The molecule has 0 saturated heterocycles. The molecule has 5 heteroatoms. The predicted octanol–water partition coefficient (Wildman–Crippen LogP) is 3.17. The Hall–Kier alpha value is -2.14. The Bertz CT molecular complexity index is 573. The Morgan fingerprint density at radius 1 is 1.19 bits per heavy atom. The number of anilines is 1. The Labute approximate surface area is 123 Å². The average Bonchev–Trinajstić information content (AvgIpc) is 2.50. The van der Waals surface area contributed by atoms with Gasteiger partial charge < -0.3 is 14.8 Å². The topological polar surface area (TPSA) is 43.4 Å². The van der Waals surface area contributed by atoms with Crippen molar-refractivity contribution < 1.29 is 13.9 Å². The molecule has 21 heavy (non-hydrogen) atoms. The summed E-state index contributed by atoms with van der Waals surface area (Å²) in [6.07, 6.45) is 1.69. The van der Waals surface area contributed by atoms with Crippen LogP contribution in [0.4, 0.5) is 10.1 Å². The van der Waals surface area contributed by atoms with E-state index in [1.54, 1.807) is 32.4 Å². The maximum atomic E-state index is 13.4. The molecule has 1 aromatic carbocycles. The molecule has 2 aromatic rings. The van der Waals surface area contributed by atoms with Gasteiger partial charge in [0, 0.05) is 19.7 Å². The largest absolute Gasteiger partial charge is 0.475 e. The predicted molar refractivity (Wildman–Crippen MR) is 80.1 cm³/mol. The minimum atomic E-state index is -0.186.